The molecule has 4 aliphatic rings. The van der Waals surface area contributed by atoms with Gasteiger partial charge in [-0.15, -0.1) is 11.8 Å². The summed E-state index contributed by atoms with van der Waals surface area (Å²) in [7, 11) is 0. The summed E-state index contributed by atoms with van der Waals surface area (Å²) >= 11 is 1.46. The Morgan fingerprint density at radius 3 is 2.24 bits per heavy atom. The molecule has 45 heavy (non-hydrogen) atoms. The first-order chi connectivity index (χ1) is 21.1. The zero-order valence-corrected chi connectivity index (χ0v) is 28.4. The molecular weight excluding hydrogens is 595 g/mol. The number of carbonyl (C=O) groups excluding carboxylic acids is 4. The number of nitrogens with one attached hydrogen (secondary N) is 1. The van der Waals surface area contributed by atoms with Crippen LogP contribution in [0.3, 0.4) is 0 Å². The third kappa shape index (κ3) is 7.59. The third-order valence-corrected chi connectivity index (χ3v) is 11.0. The van der Waals surface area contributed by atoms with Crippen molar-refractivity contribution in [2.24, 2.45) is 5.41 Å². The summed E-state index contributed by atoms with van der Waals surface area (Å²) < 4.78 is 15.7. The Hall–Kier alpha value is -2.86. The lowest BCUT2D eigenvalue weighted by molar-refractivity contribution is -0.137. The molecule has 4 saturated heterocycles. The fourth-order valence-corrected chi connectivity index (χ4v) is 8.28. The first-order valence-corrected chi connectivity index (χ1v) is 17.2. The number of nitrogens with zero attached hydrogens (tertiary/aromatic N) is 5. The molecule has 4 fully saturated rings. The van der Waals surface area contributed by atoms with Crippen molar-refractivity contribution in [3.8, 4) is 0 Å². The zero-order valence-electron chi connectivity index (χ0n) is 27.6. The van der Waals surface area contributed by atoms with Crippen LogP contribution in [0, 0.1) is 11.2 Å². The molecule has 10 nitrogen and oxygen atoms in total. The lowest BCUT2D eigenvalue weighted by Crippen LogP contribution is -2.53. The number of rotatable bonds is 7. The van der Waals surface area contributed by atoms with Gasteiger partial charge in [0.1, 0.15) is 17.7 Å². The Labute approximate surface area is 272 Å². The van der Waals surface area contributed by atoms with Crippen LogP contribution in [-0.2, 0) is 14.4 Å². The van der Waals surface area contributed by atoms with Crippen molar-refractivity contribution in [2.45, 2.75) is 89.4 Å². The molecule has 1 aromatic rings. The van der Waals surface area contributed by atoms with Gasteiger partial charge < -0.3 is 19.6 Å². The summed E-state index contributed by atoms with van der Waals surface area (Å²) in [5.74, 6) is -0.737. The predicted molar refractivity (Wildman–Crippen MR) is 176 cm³/mol. The average molecular weight is 647 g/mol. The van der Waals surface area contributed by atoms with Crippen molar-refractivity contribution in [1.29, 1.82) is 0 Å². The molecule has 2 atom stereocenters. The molecule has 0 spiro atoms. The number of imide groups is 1. The molecule has 0 aliphatic carbocycles. The Balaban J connectivity index is 0.00000480. The number of thioether (sulfide) groups is 1. The van der Waals surface area contributed by atoms with E-state index in [1.807, 2.05) is 11.0 Å². The number of likely N-dealkylation sites (tertiary alicyclic amines) is 1. The number of benzene rings is 1. The van der Waals surface area contributed by atoms with Gasteiger partial charge >= 0.3 is 6.03 Å². The van der Waals surface area contributed by atoms with E-state index in [0.29, 0.717) is 51.3 Å². The normalized spacial score (nSPS) is 24.2. The number of hydrogen-bond donors (Lipinski definition) is 1. The Morgan fingerprint density at radius 2 is 1.67 bits per heavy atom. The van der Waals surface area contributed by atoms with Crippen LogP contribution in [0.25, 0.3) is 0 Å². The van der Waals surface area contributed by atoms with Gasteiger partial charge in [-0.1, -0.05) is 32.9 Å². The van der Waals surface area contributed by atoms with E-state index < -0.39 is 5.25 Å². The second-order valence-electron chi connectivity index (χ2n) is 14.9. The summed E-state index contributed by atoms with van der Waals surface area (Å²) in [4.78, 5) is 61.0. The van der Waals surface area contributed by atoms with Crippen molar-refractivity contribution < 1.29 is 25.0 Å². The van der Waals surface area contributed by atoms with Gasteiger partial charge in [-0.25, -0.2) is 9.18 Å². The zero-order chi connectivity index (χ0) is 32.7. The van der Waals surface area contributed by atoms with Crippen molar-refractivity contribution in [3.05, 3.63) is 29.6 Å². The molecular formula is C33H51FN6O4S. The van der Waals surface area contributed by atoms with Gasteiger partial charge in [0, 0.05) is 70.8 Å². The first-order valence-electron chi connectivity index (χ1n) is 16.2. The minimum Gasteiger partial charge on any atom is -0.366 e. The standard InChI is InChI=1S/C33H49FN6O4S.H2/c1-32(2,3)12-15-39-29(43)25(20-27(42)36-13-10-22(11-14-36)40-21-26(41)35-31(40)44)45-30(39)23-8-7-9-24(34)28(23)37-16-18-38(19-17-37)33(4,5)6;/h7-9,22,25,30H,10-21H2,1-6H3,(H,35,41,44);1H/t25-,30?;/m0./s1. The minimum absolute atomic E-state index is 0. The second kappa shape index (κ2) is 13.1. The number of carbonyl (C=O) groups is 4. The maximum atomic E-state index is 15.7. The van der Waals surface area contributed by atoms with Crippen molar-refractivity contribution in [1.82, 2.24) is 24.9 Å². The van der Waals surface area contributed by atoms with E-state index in [1.165, 1.54) is 17.8 Å². The predicted octanol–water partition coefficient (Wildman–Crippen LogP) is 4.30. The number of piperidine rings is 1. The molecule has 0 aromatic heterocycles. The topological polar surface area (TPSA) is 96.5 Å². The van der Waals surface area contributed by atoms with Crippen LogP contribution in [0.4, 0.5) is 14.9 Å². The molecule has 4 aliphatic heterocycles. The largest absolute Gasteiger partial charge is 0.366 e. The maximum Gasteiger partial charge on any atom is 0.324 e. The van der Waals surface area contributed by atoms with E-state index in [4.69, 9.17) is 0 Å². The van der Waals surface area contributed by atoms with Crippen molar-refractivity contribution in [2.75, 3.05) is 57.3 Å². The highest BCUT2D eigenvalue weighted by Gasteiger charge is 2.45. The monoisotopic (exact) mass is 646 g/mol. The highest BCUT2D eigenvalue weighted by atomic mass is 32.2. The summed E-state index contributed by atoms with van der Waals surface area (Å²) in [5.41, 5.74) is 1.40. The first kappa shape index (κ1) is 33.5. The lowest BCUT2D eigenvalue weighted by atomic mass is 9.92. The van der Waals surface area contributed by atoms with Gasteiger partial charge in [-0.05, 0) is 51.5 Å². The van der Waals surface area contributed by atoms with Crippen molar-refractivity contribution in [3.63, 3.8) is 0 Å². The summed E-state index contributed by atoms with van der Waals surface area (Å²) in [6.07, 6.45) is 2.04. The lowest BCUT2D eigenvalue weighted by Gasteiger charge is -2.43. The van der Waals surface area contributed by atoms with E-state index >= 15 is 4.39 Å². The van der Waals surface area contributed by atoms with Crippen LogP contribution in [0.15, 0.2) is 18.2 Å². The molecule has 1 aromatic carbocycles. The van der Waals surface area contributed by atoms with Crippen LogP contribution >= 0.6 is 11.8 Å². The Morgan fingerprint density at radius 1 is 1.00 bits per heavy atom. The van der Waals surface area contributed by atoms with Gasteiger partial charge in [-0.2, -0.15) is 0 Å². The smallest absolute Gasteiger partial charge is 0.324 e. The summed E-state index contributed by atoms with van der Waals surface area (Å²) in [6.45, 7) is 17.6. The highest BCUT2D eigenvalue weighted by Crippen LogP contribution is 2.48. The molecule has 5 rings (SSSR count). The number of anilines is 1. The van der Waals surface area contributed by atoms with Gasteiger partial charge in [0.2, 0.25) is 17.7 Å². The number of amides is 5. The van der Waals surface area contributed by atoms with Gasteiger partial charge in [-0.3, -0.25) is 24.6 Å². The molecule has 5 amide bonds. The molecule has 1 N–H and O–H groups in total. The summed E-state index contributed by atoms with van der Waals surface area (Å²) in [5, 5.41) is 1.38. The number of piperazine rings is 1. The second-order valence-corrected chi connectivity index (χ2v) is 16.2. The molecule has 4 heterocycles. The van der Waals surface area contributed by atoms with Gasteiger partial charge in [0.25, 0.3) is 0 Å². The molecule has 12 heteroatoms. The van der Waals surface area contributed by atoms with Gasteiger partial charge in [0.15, 0.2) is 0 Å². The molecule has 0 radical (unpaired) electrons. The molecule has 1 unspecified atom stereocenters. The quantitative estimate of drug-likeness (QED) is 0.442. The SMILES string of the molecule is CC(C)(C)CCN1C(=O)[C@H](CC(=O)N2CCC(N3CC(=O)NC3=O)CC2)SC1c1cccc(F)c1N1CCN(C(C)(C)C)CC1.[HH]. The fraction of sp³-hybridized carbons (Fsp3) is 0.697. The highest BCUT2D eigenvalue weighted by molar-refractivity contribution is 8.01. The van der Waals surface area contributed by atoms with E-state index in [2.05, 4.69) is 56.7 Å². The summed E-state index contributed by atoms with van der Waals surface area (Å²) in [6, 6.07) is 4.72. The minimum atomic E-state index is -0.559. The third-order valence-electron chi connectivity index (χ3n) is 9.51. The molecule has 0 saturated carbocycles. The van der Waals surface area contributed by atoms with E-state index in [9.17, 15) is 19.2 Å². The van der Waals surface area contributed by atoms with Crippen LogP contribution in [-0.4, -0.2) is 113 Å². The van der Waals surface area contributed by atoms with Gasteiger partial charge in [0.05, 0.1) is 10.9 Å². The number of hydrogen-bond acceptors (Lipinski definition) is 7. The van der Waals surface area contributed by atoms with Crippen LogP contribution in [0.5, 0.6) is 0 Å². The van der Waals surface area contributed by atoms with Crippen molar-refractivity contribution >= 4 is 41.2 Å². The van der Waals surface area contributed by atoms with E-state index in [1.54, 1.807) is 15.9 Å². The Kier molecular flexibility index (Phi) is 9.75. The fourth-order valence-electron chi connectivity index (χ4n) is 6.78. The average Bonchev–Trinajstić information content (AvgIpc) is 3.47. The van der Waals surface area contributed by atoms with Crippen LogP contribution in [0.2, 0.25) is 0 Å². The van der Waals surface area contributed by atoms with Crippen LogP contribution in [0.1, 0.15) is 79.6 Å². The molecule has 250 valence electrons. The Bertz CT molecular complexity index is 1300. The number of para-hydroxylation sites is 1. The number of halogens is 1. The maximum absolute atomic E-state index is 15.7. The van der Waals surface area contributed by atoms with E-state index in [-0.39, 0.29) is 66.3 Å². The number of urea groups is 1. The molecule has 0 bridgehead atoms. The van der Waals surface area contributed by atoms with Crippen LogP contribution < -0.4 is 10.2 Å². The van der Waals surface area contributed by atoms with E-state index in [0.717, 1.165) is 25.1 Å².